The molecule has 21 aliphatic heterocycles. The van der Waals surface area contributed by atoms with E-state index in [1.165, 1.54) is 137 Å². The SMILES string of the molecule is CC12N3CN4C(=O)N5CN6C(=O)N7CN8C(=O)N9CN%10C(=O)N%11CN%12C(=O)N%13CN%14C(=O)N%15CN(C3=O)C1(CCCCN=[N+]=[N-])N1CN3C(=O)N(CN%16C(=O)N(CN%17C(=O)N(CN%18C(=O)N(CN%19C(=O)N(CN%20C(=O)N(CN2C1=O)C4C5%20)C6C7%19)C8C9%18)C%10C%11%17)C%12C%13%16)C%14C%153. The number of nitrogens with zero attached hydrogens (tertiary/aromatic N) is 31. The second-order valence-electron chi connectivity index (χ2n) is 27.1. The summed E-state index contributed by atoms with van der Waals surface area (Å²) in [7, 11) is 0. The minimum absolute atomic E-state index is 0.00371. The molecule has 0 unspecified atom stereocenters. The zero-order valence-electron chi connectivity index (χ0n) is 48.2. The molecule has 21 rings (SSSR count). The Morgan fingerprint density at radius 2 is 0.457 bits per heavy atom. The molecule has 0 aliphatic carbocycles. The molecule has 0 N–H and O–H groups in total. The Bertz CT molecular complexity index is 3680. The molecule has 21 heterocycles. The smallest absolute Gasteiger partial charge is 0.282 e. The van der Waals surface area contributed by atoms with Crippen LogP contribution in [0.1, 0.15) is 26.2 Å². The number of rotatable bonds is 5. The Balaban J connectivity index is 0.745. The second kappa shape index (κ2) is 14.9. The average Bonchev–Trinajstić information content (AvgIpc) is 1.49. The molecule has 0 spiro atoms. The van der Waals surface area contributed by atoms with Crippen molar-refractivity contribution >= 4 is 84.4 Å². The Morgan fingerprint density at radius 1 is 0.283 bits per heavy atom. The summed E-state index contributed by atoms with van der Waals surface area (Å²) in [4.78, 5) is 259. The van der Waals surface area contributed by atoms with E-state index >= 15 is 67.1 Å². The third kappa shape index (κ3) is 4.77. The molecular formula is C47H51N31O14. The van der Waals surface area contributed by atoms with E-state index in [9.17, 15) is 5.53 Å². The fourth-order valence-electron chi connectivity index (χ4n) is 20.4. The summed E-state index contributed by atoms with van der Waals surface area (Å²) < 4.78 is 0. The first-order chi connectivity index (χ1) is 44.3. The van der Waals surface area contributed by atoms with Crippen molar-refractivity contribution < 1.29 is 67.1 Å². The van der Waals surface area contributed by atoms with Gasteiger partial charge < -0.3 is 0 Å². The molecule has 21 fully saturated rings. The van der Waals surface area contributed by atoms with Gasteiger partial charge in [0, 0.05) is 11.5 Å². The Kier molecular flexibility index (Phi) is 8.11. The molecule has 478 valence electrons. The maximum Gasteiger partial charge on any atom is 0.326 e. The summed E-state index contributed by atoms with van der Waals surface area (Å²) >= 11 is 0. The van der Waals surface area contributed by atoms with Crippen molar-refractivity contribution in [3.8, 4) is 0 Å². The molecular weight excluding hydrogens is 1220 g/mol. The fourth-order valence-corrected chi connectivity index (χ4v) is 20.4. The first kappa shape index (κ1) is 49.9. The highest BCUT2D eigenvalue weighted by Gasteiger charge is 2.82. The Labute approximate surface area is 514 Å². The van der Waals surface area contributed by atoms with Crippen molar-refractivity contribution in [2.75, 3.05) is 99.9 Å². The summed E-state index contributed by atoms with van der Waals surface area (Å²) in [5.41, 5.74) is 5.54. The van der Waals surface area contributed by atoms with E-state index in [-0.39, 0.29) is 25.8 Å². The first-order valence-corrected chi connectivity index (χ1v) is 30.4. The number of amides is 28. The third-order valence-electron chi connectivity index (χ3n) is 24.1. The van der Waals surface area contributed by atoms with E-state index < -0.39 is 263 Å². The number of azide groups is 1. The third-order valence-corrected chi connectivity index (χ3v) is 24.1. The van der Waals surface area contributed by atoms with Gasteiger partial charge in [-0.1, -0.05) is 5.11 Å². The number of carbonyl (C=O) groups excluding carboxylic acids is 14. The molecule has 0 saturated carbocycles. The van der Waals surface area contributed by atoms with Crippen LogP contribution in [-0.4, -0.2) is 407 Å². The standard InChI is InChI=1S/C47H51N31O14/c1-46-47(4-2-3-5-49-50-48)77-18-73-31-29-69(42(73)89)14-65-27-25-61(38(65)85)10-57-23-21-53(34(57)81)6-51-20-22-55(32(51)79)8-59-24-26-63(36(59)83)12-67-28-30(71(40(67)87)16-75(46)44(77)91)72-17-76(46)45(92)78(47)19-74(31)43(90)70(29)15-66(27)39(86)62(25)11-58(23)35(82)54(21)7-52(20)33(80)56(22)9-60(24)37(84)64(26)13-68(28)41(72)88/h20-31H,2-19H2,1H3. The molecule has 0 radical (unpaired) electrons. The molecule has 0 aromatic rings. The molecule has 45 nitrogen and oxygen atoms in total. The molecule has 21 saturated heterocycles. The monoisotopic (exact) mass is 1270 g/mol. The van der Waals surface area contributed by atoms with Crippen LogP contribution in [0, 0.1) is 0 Å². The van der Waals surface area contributed by atoms with Gasteiger partial charge >= 0.3 is 84.4 Å². The topological polar surface area (TPSA) is 378 Å². The van der Waals surface area contributed by atoms with Crippen molar-refractivity contribution in [1.29, 1.82) is 0 Å². The molecule has 0 bridgehead atoms. The molecule has 0 aromatic heterocycles. The predicted octanol–water partition coefficient (Wildman–Crippen LogP) is -4.37. The lowest BCUT2D eigenvalue weighted by molar-refractivity contribution is -0.120. The highest BCUT2D eigenvalue weighted by atomic mass is 16.3. The van der Waals surface area contributed by atoms with E-state index in [0.717, 1.165) is 0 Å². The van der Waals surface area contributed by atoms with Crippen LogP contribution in [0.2, 0.25) is 0 Å². The molecule has 0 aromatic carbocycles. The molecule has 21 aliphatic rings. The van der Waals surface area contributed by atoms with Gasteiger partial charge in [0.15, 0.2) is 85.3 Å². The lowest BCUT2D eigenvalue weighted by atomic mass is 9.87. The van der Waals surface area contributed by atoms with Crippen molar-refractivity contribution in [3.05, 3.63) is 10.4 Å². The highest BCUT2D eigenvalue weighted by Crippen LogP contribution is 2.59. The van der Waals surface area contributed by atoms with Gasteiger partial charge in [-0.3, -0.25) is 137 Å². The lowest BCUT2D eigenvalue weighted by Gasteiger charge is -2.52. The van der Waals surface area contributed by atoms with E-state index in [2.05, 4.69) is 10.0 Å². The van der Waals surface area contributed by atoms with Gasteiger partial charge in [-0.15, -0.1) is 0 Å². The van der Waals surface area contributed by atoms with Crippen molar-refractivity contribution in [2.45, 2.75) is 112 Å². The van der Waals surface area contributed by atoms with E-state index in [4.69, 9.17) is 0 Å². The average molecular weight is 1270 g/mol. The summed E-state index contributed by atoms with van der Waals surface area (Å²) in [6.45, 7) is -6.15. The summed E-state index contributed by atoms with van der Waals surface area (Å²) in [6, 6.07) is -10.4. The van der Waals surface area contributed by atoms with Crippen LogP contribution in [0.4, 0.5) is 67.1 Å². The van der Waals surface area contributed by atoms with Gasteiger partial charge in [0.05, 0.1) is 0 Å². The largest absolute Gasteiger partial charge is 0.326 e. The zero-order valence-corrected chi connectivity index (χ0v) is 48.2. The number of unbranched alkanes of at least 4 members (excludes halogenated alkanes) is 1. The van der Waals surface area contributed by atoms with Gasteiger partial charge in [0.25, 0.3) is 0 Å². The van der Waals surface area contributed by atoms with E-state index in [0.29, 0.717) is 0 Å². The van der Waals surface area contributed by atoms with Crippen LogP contribution in [0.15, 0.2) is 5.11 Å². The fraction of sp³-hybridized carbons (Fsp3) is 0.702. The van der Waals surface area contributed by atoms with Crippen LogP contribution in [0.3, 0.4) is 0 Å². The van der Waals surface area contributed by atoms with Crippen LogP contribution < -0.4 is 0 Å². The maximum atomic E-state index is 16.2. The normalized spacial score (nSPS) is 39.4. The minimum Gasteiger partial charge on any atom is -0.282 e. The summed E-state index contributed by atoms with van der Waals surface area (Å²) in [5, 5.41) is 3.73. The van der Waals surface area contributed by atoms with Gasteiger partial charge in [-0.05, 0) is 31.7 Å². The molecule has 45 heteroatoms. The Morgan fingerprint density at radius 3 is 0.641 bits per heavy atom. The lowest BCUT2D eigenvalue weighted by Crippen LogP contribution is -2.72. The minimum atomic E-state index is -1.89. The quantitative estimate of drug-likeness (QED) is 0.109. The molecule has 0 atom stereocenters. The second-order valence-corrected chi connectivity index (χ2v) is 27.1. The van der Waals surface area contributed by atoms with Gasteiger partial charge in [-0.2, -0.15) is 0 Å². The predicted molar refractivity (Wildman–Crippen MR) is 280 cm³/mol. The highest BCUT2D eigenvalue weighted by molar-refractivity contribution is 5.96. The van der Waals surface area contributed by atoms with Crippen molar-refractivity contribution in [1.82, 2.24) is 137 Å². The van der Waals surface area contributed by atoms with Crippen molar-refractivity contribution in [2.24, 2.45) is 5.11 Å². The first-order valence-electron chi connectivity index (χ1n) is 30.4. The summed E-state index contributed by atoms with van der Waals surface area (Å²) in [5.74, 6) is 0. The van der Waals surface area contributed by atoms with Gasteiger partial charge in [0.2, 0.25) is 0 Å². The van der Waals surface area contributed by atoms with Crippen LogP contribution in [-0.2, 0) is 0 Å². The summed E-state index contributed by atoms with van der Waals surface area (Å²) in [6.07, 6.45) is -15.0. The van der Waals surface area contributed by atoms with E-state index in [1.807, 2.05) is 0 Å². The number of urea groups is 14. The zero-order chi connectivity index (χ0) is 62.3. The number of carbonyl (C=O) groups is 14. The van der Waals surface area contributed by atoms with Crippen LogP contribution >= 0.6 is 0 Å². The number of hydrogen-bond acceptors (Lipinski definition) is 15. The molecule has 92 heavy (non-hydrogen) atoms. The van der Waals surface area contributed by atoms with Crippen LogP contribution in [0.25, 0.3) is 10.4 Å². The number of hydrogen-bond donors (Lipinski definition) is 0. The van der Waals surface area contributed by atoms with Crippen LogP contribution in [0.5, 0.6) is 0 Å². The van der Waals surface area contributed by atoms with Gasteiger partial charge in [0.1, 0.15) is 93.4 Å². The Hall–Kier alpha value is -10.9. The maximum absolute atomic E-state index is 16.2. The molecule has 28 amide bonds. The van der Waals surface area contributed by atoms with Crippen molar-refractivity contribution in [3.63, 3.8) is 0 Å². The van der Waals surface area contributed by atoms with E-state index in [1.54, 1.807) is 6.92 Å². The van der Waals surface area contributed by atoms with Gasteiger partial charge in [-0.25, -0.2) is 67.1 Å².